The van der Waals surface area contributed by atoms with Crippen LogP contribution >= 0.6 is 23.2 Å². The van der Waals surface area contributed by atoms with E-state index in [-0.39, 0.29) is 18.7 Å². The highest BCUT2D eigenvalue weighted by Gasteiger charge is 2.08. The summed E-state index contributed by atoms with van der Waals surface area (Å²) in [5, 5.41) is 0.950. The lowest BCUT2D eigenvalue weighted by atomic mass is 10.2. The summed E-state index contributed by atoms with van der Waals surface area (Å²) < 4.78 is 6.26. The number of carbonyl (C=O) groups excluding carboxylic acids is 1. The highest BCUT2D eigenvalue weighted by Crippen LogP contribution is 2.21. The number of nitrogen functional groups attached to an aromatic ring is 1. The summed E-state index contributed by atoms with van der Waals surface area (Å²) in [6.45, 7) is -0.239. The fourth-order valence-electron chi connectivity index (χ4n) is 1.67. The summed E-state index contributed by atoms with van der Waals surface area (Å²) in [5.74, 6) is -0.571. The summed E-state index contributed by atoms with van der Waals surface area (Å²) >= 11 is 11.8. The van der Waals surface area contributed by atoms with Crippen LogP contribution in [0.1, 0.15) is 5.56 Å². The van der Waals surface area contributed by atoms with E-state index in [1.165, 1.54) is 22.9 Å². The van der Waals surface area contributed by atoms with Crippen LogP contribution in [0.2, 0.25) is 10.0 Å². The number of hydrogen-bond acceptors (Lipinski definition) is 4. The second kappa shape index (κ2) is 6.65. The zero-order valence-electron chi connectivity index (χ0n) is 10.9. The summed E-state index contributed by atoms with van der Waals surface area (Å²) in [6, 6.07) is 7.63. The van der Waals surface area contributed by atoms with Crippen molar-refractivity contribution in [2.75, 3.05) is 5.73 Å². The minimum Gasteiger partial charge on any atom is -0.459 e. The third-order valence-electron chi connectivity index (χ3n) is 2.70. The van der Waals surface area contributed by atoms with Crippen molar-refractivity contribution in [3.05, 3.63) is 62.5 Å². The van der Waals surface area contributed by atoms with Crippen LogP contribution in [-0.4, -0.2) is 10.5 Å². The molecule has 1 aromatic heterocycles. The summed E-state index contributed by atoms with van der Waals surface area (Å²) in [5.41, 5.74) is 6.21. The molecule has 1 heterocycles. The molecule has 0 bridgehead atoms. The van der Waals surface area contributed by atoms with E-state index < -0.39 is 5.97 Å². The van der Waals surface area contributed by atoms with Gasteiger partial charge in [0.1, 0.15) is 13.2 Å². The third-order valence-corrected chi connectivity index (χ3v) is 3.31. The van der Waals surface area contributed by atoms with Crippen LogP contribution in [0.4, 0.5) is 5.69 Å². The molecular formula is C14H12Cl2N2O3. The lowest BCUT2D eigenvalue weighted by Gasteiger charge is -2.09. The molecule has 0 radical (unpaired) electrons. The van der Waals surface area contributed by atoms with E-state index in [1.807, 2.05) is 0 Å². The van der Waals surface area contributed by atoms with E-state index in [4.69, 9.17) is 33.7 Å². The van der Waals surface area contributed by atoms with Crippen molar-refractivity contribution in [1.82, 2.24) is 4.57 Å². The van der Waals surface area contributed by atoms with Gasteiger partial charge in [0.05, 0.1) is 0 Å². The Hall–Kier alpha value is -1.98. The molecule has 0 aliphatic heterocycles. The van der Waals surface area contributed by atoms with Crippen LogP contribution in [0.3, 0.4) is 0 Å². The van der Waals surface area contributed by atoms with Gasteiger partial charge in [0, 0.05) is 33.6 Å². The van der Waals surface area contributed by atoms with Crippen LogP contribution in [0.5, 0.6) is 0 Å². The van der Waals surface area contributed by atoms with Gasteiger partial charge in [-0.3, -0.25) is 9.59 Å². The third kappa shape index (κ3) is 4.24. The fourth-order valence-corrected chi connectivity index (χ4v) is 2.04. The first kappa shape index (κ1) is 15.4. The second-order valence-electron chi connectivity index (χ2n) is 4.32. The first-order chi connectivity index (χ1) is 9.95. The Morgan fingerprint density at radius 2 is 2.00 bits per heavy atom. The van der Waals surface area contributed by atoms with Crippen molar-refractivity contribution in [1.29, 1.82) is 0 Å². The number of aromatic nitrogens is 1. The Labute approximate surface area is 130 Å². The molecule has 110 valence electrons. The molecule has 0 amide bonds. The maximum atomic E-state index is 11.7. The Bertz CT molecular complexity index is 728. The molecule has 5 nitrogen and oxygen atoms in total. The molecule has 0 unspecified atom stereocenters. The summed E-state index contributed by atoms with van der Waals surface area (Å²) in [6.07, 6.45) is 1.38. The Balaban J connectivity index is 2.01. The molecule has 2 rings (SSSR count). The van der Waals surface area contributed by atoms with Gasteiger partial charge in [-0.2, -0.15) is 0 Å². The number of ether oxygens (including phenoxy) is 1. The molecule has 2 aromatic rings. The Morgan fingerprint density at radius 1 is 1.24 bits per heavy atom. The summed E-state index contributed by atoms with van der Waals surface area (Å²) in [4.78, 5) is 23.3. The van der Waals surface area contributed by atoms with Gasteiger partial charge in [-0.05, 0) is 24.3 Å². The molecule has 0 aliphatic rings. The number of nitrogens with two attached hydrogens (primary N) is 1. The van der Waals surface area contributed by atoms with Crippen molar-refractivity contribution in [2.24, 2.45) is 0 Å². The highest BCUT2D eigenvalue weighted by atomic mass is 35.5. The number of anilines is 1. The smallest absolute Gasteiger partial charge is 0.326 e. The fraction of sp³-hybridized carbons (Fsp3) is 0.143. The molecule has 0 spiro atoms. The van der Waals surface area contributed by atoms with Gasteiger partial charge in [0.2, 0.25) is 0 Å². The minimum atomic E-state index is -0.571. The number of nitrogens with zero attached hydrogens (tertiary/aromatic N) is 1. The van der Waals surface area contributed by atoms with E-state index >= 15 is 0 Å². The molecule has 2 N–H and O–H groups in total. The van der Waals surface area contributed by atoms with Crippen LogP contribution < -0.4 is 11.3 Å². The molecule has 0 saturated heterocycles. The lowest BCUT2D eigenvalue weighted by Crippen LogP contribution is -2.24. The van der Waals surface area contributed by atoms with Crippen molar-refractivity contribution < 1.29 is 9.53 Å². The van der Waals surface area contributed by atoms with Gasteiger partial charge in [-0.1, -0.05) is 23.2 Å². The number of pyridine rings is 1. The van der Waals surface area contributed by atoms with Crippen LogP contribution in [-0.2, 0) is 22.7 Å². The van der Waals surface area contributed by atoms with E-state index in [9.17, 15) is 9.59 Å². The van der Waals surface area contributed by atoms with E-state index in [1.54, 1.807) is 18.2 Å². The Kier molecular flexibility index (Phi) is 4.88. The largest absolute Gasteiger partial charge is 0.459 e. The molecule has 0 aliphatic carbocycles. The first-order valence-electron chi connectivity index (χ1n) is 6.01. The van der Waals surface area contributed by atoms with Crippen LogP contribution in [0.25, 0.3) is 0 Å². The van der Waals surface area contributed by atoms with Crippen LogP contribution in [0, 0.1) is 0 Å². The van der Waals surface area contributed by atoms with Crippen molar-refractivity contribution in [3.8, 4) is 0 Å². The number of esters is 1. The molecule has 0 fully saturated rings. The molecule has 0 atom stereocenters. The Morgan fingerprint density at radius 3 is 2.76 bits per heavy atom. The molecule has 0 saturated carbocycles. The SMILES string of the molecule is Nc1ccc(=O)n(CC(=O)OCc2cc(Cl)ccc2Cl)c1. The quantitative estimate of drug-likeness (QED) is 0.876. The van der Waals surface area contributed by atoms with Gasteiger partial charge in [-0.25, -0.2) is 0 Å². The second-order valence-corrected chi connectivity index (χ2v) is 5.17. The predicted molar refractivity (Wildman–Crippen MR) is 81.4 cm³/mol. The lowest BCUT2D eigenvalue weighted by molar-refractivity contribution is -0.145. The van der Waals surface area contributed by atoms with Gasteiger partial charge in [0.15, 0.2) is 0 Å². The van der Waals surface area contributed by atoms with E-state index in [2.05, 4.69) is 0 Å². The van der Waals surface area contributed by atoms with E-state index in [0.717, 1.165) is 0 Å². The van der Waals surface area contributed by atoms with Crippen LogP contribution in [0.15, 0.2) is 41.3 Å². The zero-order valence-corrected chi connectivity index (χ0v) is 12.4. The van der Waals surface area contributed by atoms with Gasteiger partial charge >= 0.3 is 5.97 Å². The topological polar surface area (TPSA) is 74.3 Å². The van der Waals surface area contributed by atoms with E-state index in [0.29, 0.717) is 21.3 Å². The van der Waals surface area contributed by atoms with Crippen molar-refractivity contribution >= 4 is 34.9 Å². The maximum absolute atomic E-state index is 11.7. The predicted octanol–water partition coefficient (Wildman–Crippen LogP) is 2.48. The minimum absolute atomic E-state index is 0.0186. The number of halogens is 2. The molecule has 1 aromatic carbocycles. The molecule has 21 heavy (non-hydrogen) atoms. The monoisotopic (exact) mass is 326 g/mol. The summed E-state index contributed by atoms with van der Waals surface area (Å²) in [7, 11) is 0. The number of carbonyl (C=O) groups is 1. The number of benzene rings is 1. The normalized spacial score (nSPS) is 10.4. The van der Waals surface area contributed by atoms with Gasteiger partial charge < -0.3 is 15.0 Å². The first-order valence-corrected chi connectivity index (χ1v) is 6.77. The molecule has 7 heteroatoms. The van der Waals surface area contributed by atoms with Gasteiger partial charge in [0.25, 0.3) is 5.56 Å². The van der Waals surface area contributed by atoms with Gasteiger partial charge in [-0.15, -0.1) is 0 Å². The zero-order chi connectivity index (χ0) is 15.4. The average Bonchev–Trinajstić information content (AvgIpc) is 2.44. The average molecular weight is 327 g/mol. The standard InChI is InChI=1S/C14H12Cl2N2O3/c15-10-1-3-12(16)9(5-10)8-21-14(20)7-18-6-11(17)2-4-13(18)19/h1-6H,7-8,17H2. The highest BCUT2D eigenvalue weighted by molar-refractivity contribution is 6.33. The van der Waals surface area contributed by atoms with Crippen molar-refractivity contribution in [2.45, 2.75) is 13.2 Å². The van der Waals surface area contributed by atoms with Crippen molar-refractivity contribution in [3.63, 3.8) is 0 Å². The number of rotatable bonds is 4. The maximum Gasteiger partial charge on any atom is 0.326 e. The number of hydrogen-bond donors (Lipinski definition) is 1. The molecular weight excluding hydrogens is 315 g/mol.